The number of piperazine rings is 1. The summed E-state index contributed by atoms with van der Waals surface area (Å²) in [5, 5.41) is 9.38. The number of rotatable bonds is 3. The first kappa shape index (κ1) is 14.4. The number of hydrogen-bond donors (Lipinski definition) is 2. The highest BCUT2D eigenvalue weighted by molar-refractivity contribution is 5.85. The Morgan fingerprint density at radius 3 is 2.53 bits per heavy atom. The molecule has 5 nitrogen and oxygen atoms in total. The van der Waals surface area contributed by atoms with Gasteiger partial charge in [0.1, 0.15) is 0 Å². The number of amides is 1. The van der Waals surface area contributed by atoms with E-state index < -0.39 is 5.54 Å². The van der Waals surface area contributed by atoms with Gasteiger partial charge in [-0.2, -0.15) is 0 Å². The van der Waals surface area contributed by atoms with Crippen LogP contribution in [0.25, 0.3) is 0 Å². The zero-order chi connectivity index (χ0) is 13.2. The maximum absolute atomic E-state index is 12.0. The molecule has 2 unspecified atom stereocenters. The number of nitrogens with two attached hydrogens (primary N) is 1. The molecule has 1 heterocycles. The second kappa shape index (κ2) is 5.33. The first-order valence-corrected chi connectivity index (χ1v) is 6.22. The molecule has 2 atom stereocenters. The van der Waals surface area contributed by atoms with Crippen molar-refractivity contribution in [3.63, 3.8) is 0 Å². The molecule has 3 N–H and O–H groups in total. The van der Waals surface area contributed by atoms with Crippen LogP contribution in [0.4, 0.5) is 0 Å². The van der Waals surface area contributed by atoms with Crippen LogP contribution < -0.4 is 5.73 Å². The van der Waals surface area contributed by atoms with Crippen LogP contribution in [-0.2, 0) is 4.79 Å². The number of carbonyl (C=O) groups excluding carboxylic acids is 1. The lowest BCUT2D eigenvalue weighted by molar-refractivity contribution is -0.138. The predicted molar refractivity (Wildman–Crippen MR) is 67.6 cm³/mol. The summed E-state index contributed by atoms with van der Waals surface area (Å²) in [4.78, 5) is 16.1. The van der Waals surface area contributed by atoms with Crippen molar-refractivity contribution in [3.8, 4) is 0 Å². The monoisotopic (exact) mass is 243 g/mol. The standard InChI is InChI=1S/C12H25N3O2/c1-9-7-15(11(17)12(3,4)13)6-5-14(9)8-10(2)16/h9-10,16H,5-8,13H2,1-4H3. The van der Waals surface area contributed by atoms with Gasteiger partial charge >= 0.3 is 0 Å². The lowest BCUT2D eigenvalue weighted by Gasteiger charge is -2.42. The summed E-state index contributed by atoms with van der Waals surface area (Å²) in [5.41, 5.74) is 5.03. The third-order valence-corrected chi connectivity index (χ3v) is 3.10. The Morgan fingerprint density at radius 1 is 1.53 bits per heavy atom. The van der Waals surface area contributed by atoms with Gasteiger partial charge in [-0.3, -0.25) is 9.69 Å². The second-order valence-electron chi connectivity index (χ2n) is 5.67. The van der Waals surface area contributed by atoms with Gasteiger partial charge in [0.2, 0.25) is 5.91 Å². The SMILES string of the molecule is CC(O)CN1CCN(C(=O)C(C)(C)N)CC1C. The van der Waals surface area contributed by atoms with Gasteiger partial charge in [0, 0.05) is 32.2 Å². The molecule has 1 aliphatic rings. The molecule has 1 saturated heterocycles. The van der Waals surface area contributed by atoms with E-state index in [1.165, 1.54) is 0 Å². The van der Waals surface area contributed by atoms with E-state index in [0.29, 0.717) is 19.6 Å². The van der Waals surface area contributed by atoms with Gasteiger partial charge in [0.25, 0.3) is 0 Å². The highest BCUT2D eigenvalue weighted by Crippen LogP contribution is 2.13. The van der Waals surface area contributed by atoms with Crippen LogP contribution >= 0.6 is 0 Å². The third kappa shape index (κ3) is 3.94. The van der Waals surface area contributed by atoms with Crippen LogP contribution in [0.1, 0.15) is 27.7 Å². The van der Waals surface area contributed by atoms with Crippen molar-refractivity contribution < 1.29 is 9.90 Å². The van der Waals surface area contributed by atoms with Gasteiger partial charge in [-0.05, 0) is 27.7 Å². The number of nitrogens with zero attached hydrogens (tertiary/aromatic N) is 2. The Kier molecular flexibility index (Phi) is 4.52. The molecule has 0 bridgehead atoms. The molecule has 1 rings (SSSR count). The van der Waals surface area contributed by atoms with Crippen molar-refractivity contribution in [1.82, 2.24) is 9.80 Å². The zero-order valence-electron chi connectivity index (χ0n) is 11.3. The molecule has 5 heteroatoms. The van der Waals surface area contributed by atoms with E-state index in [1.54, 1.807) is 20.8 Å². The van der Waals surface area contributed by atoms with Gasteiger partial charge in [-0.15, -0.1) is 0 Å². The Labute approximate surface area is 104 Å². The fourth-order valence-electron chi connectivity index (χ4n) is 2.20. The smallest absolute Gasteiger partial charge is 0.242 e. The average molecular weight is 243 g/mol. The number of carbonyl (C=O) groups is 1. The van der Waals surface area contributed by atoms with Crippen molar-refractivity contribution in [3.05, 3.63) is 0 Å². The zero-order valence-corrected chi connectivity index (χ0v) is 11.3. The van der Waals surface area contributed by atoms with Crippen LogP contribution in [0.5, 0.6) is 0 Å². The van der Waals surface area contributed by atoms with E-state index in [0.717, 1.165) is 6.54 Å². The molecule has 0 radical (unpaired) electrons. The molecule has 100 valence electrons. The summed E-state index contributed by atoms with van der Waals surface area (Å²) >= 11 is 0. The Balaban J connectivity index is 2.55. The van der Waals surface area contributed by atoms with Crippen molar-refractivity contribution in [1.29, 1.82) is 0 Å². The molecule has 0 aromatic rings. The molecule has 0 spiro atoms. The molecule has 1 amide bonds. The van der Waals surface area contributed by atoms with Crippen molar-refractivity contribution in [2.45, 2.75) is 45.4 Å². The Bertz CT molecular complexity index is 273. The summed E-state index contributed by atoms with van der Waals surface area (Å²) < 4.78 is 0. The lowest BCUT2D eigenvalue weighted by atomic mass is 10.0. The van der Waals surface area contributed by atoms with Crippen LogP contribution in [0.2, 0.25) is 0 Å². The second-order valence-corrected chi connectivity index (χ2v) is 5.67. The normalized spacial score (nSPS) is 24.8. The average Bonchev–Trinajstić information content (AvgIpc) is 2.18. The van der Waals surface area contributed by atoms with E-state index in [9.17, 15) is 9.90 Å². The van der Waals surface area contributed by atoms with E-state index in [-0.39, 0.29) is 18.1 Å². The summed E-state index contributed by atoms with van der Waals surface area (Å²) in [6.07, 6.45) is -0.328. The van der Waals surface area contributed by atoms with Gasteiger partial charge in [0.05, 0.1) is 11.6 Å². The minimum Gasteiger partial charge on any atom is -0.392 e. The van der Waals surface area contributed by atoms with Crippen LogP contribution in [-0.4, -0.2) is 64.7 Å². The molecule has 1 aliphatic heterocycles. The number of β-amino-alcohol motifs (C(OH)–C–C–N with tert-alkyl or cyclic N) is 1. The number of aliphatic hydroxyl groups is 1. The van der Waals surface area contributed by atoms with Gasteiger partial charge in [-0.25, -0.2) is 0 Å². The highest BCUT2D eigenvalue weighted by atomic mass is 16.3. The van der Waals surface area contributed by atoms with E-state index in [2.05, 4.69) is 11.8 Å². The number of aliphatic hydroxyl groups excluding tert-OH is 1. The van der Waals surface area contributed by atoms with E-state index >= 15 is 0 Å². The molecule has 0 aromatic heterocycles. The fourth-order valence-corrected chi connectivity index (χ4v) is 2.20. The summed E-state index contributed by atoms with van der Waals surface area (Å²) in [5.74, 6) is 0.000969. The minimum atomic E-state index is -0.799. The predicted octanol–water partition coefficient (Wildman–Crippen LogP) is -0.363. The maximum atomic E-state index is 12.0. The quantitative estimate of drug-likeness (QED) is 0.710. The maximum Gasteiger partial charge on any atom is 0.242 e. The van der Waals surface area contributed by atoms with Crippen molar-refractivity contribution in [2.24, 2.45) is 5.73 Å². The lowest BCUT2D eigenvalue weighted by Crippen LogP contribution is -2.60. The largest absolute Gasteiger partial charge is 0.392 e. The first-order chi connectivity index (χ1) is 7.71. The summed E-state index contributed by atoms with van der Waals surface area (Å²) in [6.45, 7) is 10.2. The molecule has 0 saturated carbocycles. The van der Waals surface area contributed by atoms with Gasteiger partial charge in [0.15, 0.2) is 0 Å². The number of hydrogen-bond acceptors (Lipinski definition) is 4. The van der Waals surface area contributed by atoms with Crippen molar-refractivity contribution >= 4 is 5.91 Å². The molecule has 0 aromatic carbocycles. The fraction of sp³-hybridized carbons (Fsp3) is 0.917. The highest BCUT2D eigenvalue weighted by Gasteiger charge is 2.32. The molecular weight excluding hydrogens is 218 g/mol. The Morgan fingerprint density at radius 2 is 2.12 bits per heavy atom. The van der Waals surface area contributed by atoms with Crippen LogP contribution in [0.15, 0.2) is 0 Å². The van der Waals surface area contributed by atoms with Gasteiger partial charge in [-0.1, -0.05) is 0 Å². The first-order valence-electron chi connectivity index (χ1n) is 6.22. The minimum absolute atomic E-state index is 0.000969. The van der Waals surface area contributed by atoms with Gasteiger partial charge < -0.3 is 15.7 Å². The Hall–Kier alpha value is -0.650. The van der Waals surface area contributed by atoms with E-state index in [1.807, 2.05) is 4.90 Å². The molecule has 0 aliphatic carbocycles. The topological polar surface area (TPSA) is 69.8 Å². The van der Waals surface area contributed by atoms with Crippen LogP contribution in [0, 0.1) is 0 Å². The van der Waals surface area contributed by atoms with Crippen molar-refractivity contribution in [2.75, 3.05) is 26.2 Å². The molecule has 1 fully saturated rings. The summed E-state index contributed by atoms with van der Waals surface area (Å²) in [6, 6.07) is 0.268. The molecule has 17 heavy (non-hydrogen) atoms. The third-order valence-electron chi connectivity index (χ3n) is 3.10. The molecular formula is C12H25N3O2. The van der Waals surface area contributed by atoms with Crippen LogP contribution in [0.3, 0.4) is 0 Å². The van der Waals surface area contributed by atoms with E-state index in [4.69, 9.17) is 5.73 Å². The summed E-state index contributed by atoms with van der Waals surface area (Å²) in [7, 11) is 0.